The van der Waals surface area contributed by atoms with Gasteiger partial charge in [-0.2, -0.15) is 0 Å². The molecule has 0 heterocycles. The minimum Gasteiger partial charge on any atom is -0.508 e. The molecule has 0 aromatic heterocycles. The van der Waals surface area contributed by atoms with Crippen LogP contribution in [0.5, 0.6) is 5.75 Å². The molecule has 0 radical (unpaired) electrons. The molecule has 4 N–H and O–H groups in total. The fraction of sp³-hybridized carbons (Fsp3) is 0.600. The van der Waals surface area contributed by atoms with Gasteiger partial charge in [-0.3, -0.25) is 0 Å². The molecule has 0 aliphatic rings. The van der Waals surface area contributed by atoms with E-state index in [0.29, 0.717) is 17.7 Å². The maximum atomic E-state index is 9.91. The molecule has 1 unspecified atom stereocenters. The van der Waals surface area contributed by atoms with Crippen LogP contribution in [0.15, 0.2) is 18.2 Å². The Balaban J connectivity index is 2.88. The normalized spacial score (nSPS) is 14.3. The van der Waals surface area contributed by atoms with Gasteiger partial charge < -0.3 is 20.4 Å². The van der Waals surface area contributed by atoms with E-state index in [4.69, 9.17) is 10.2 Å². The summed E-state index contributed by atoms with van der Waals surface area (Å²) >= 11 is 0. The summed E-state index contributed by atoms with van der Waals surface area (Å²) in [6.45, 7) is 11.4. The van der Waals surface area contributed by atoms with E-state index in [1.54, 1.807) is 18.2 Å². The van der Waals surface area contributed by atoms with Gasteiger partial charge in [0.1, 0.15) is 5.75 Å². The van der Waals surface area contributed by atoms with Crippen molar-refractivity contribution in [2.24, 2.45) is 5.73 Å². The summed E-state index contributed by atoms with van der Waals surface area (Å²) in [6, 6.07) is 5.03. The largest absolute Gasteiger partial charge is 0.508 e. The van der Waals surface area contributed by atoms with Gasteiger partial charge in [-0.15, -0.1) is 0 Å². The number of rotatable bonds is 5. The summed E-state index contributed by atoms with van der Waals surface area (Å²) in [5.74, 6) is 0.191. The quantitative estimate of drug-likeness (QED) is 0.730. The fourth-order valence-electron chi connectivity index (χ4n) is 1.54. The lowest BCUT2D eigenvalue weighted by atomic mass is 10.1. The van der Waals surface area contributed by atoms with Gasteiger partial charge in [0.05, 0.1) is 12.7 Å². The zero-order chi connectivity index (χ0) is 15.6. The van der Waals surface area contributed by atoms with E-state index in [-0.39, 0.29) is 17.3 Å². The lowest BCUT2D eigenvalue weighted by Gasteiger charge is -2.36. The lowest BCUT2D eigenvalue weighted by Crippen LogP contribution is -2.40. The Kier molecular flexibility index (Phi) is 5.37. The molecule has 1 rings (SSSR count). The van der Waals surface area contributed by atoms with E-state index in [1.807, 2.05) is 0 Å². The average molecular weight is 297 g/mol. The molecule has 5 heteroatoms. The Hall–Kier alpha value is -0.883. The van der Waals surface area contributed by atoms with Crippen molar-refractivity contribution < 1.29 is 14.6 Å². The molecule has 1 aromatic carbocycles. The standard InChI is InChI=1S/C15H27NO3Si/c1-15(2,3)20(4,5)19-10-12-8-11(14(18)9-16)6-7-13(12)17/h6-8,14,17-18H,9-10,16H2,1-5H3. The van der Waals surface area contributed by atoms with Crippen molar-refractivity contribution in [3.8, 4) is 5.75 Å². The van der Waals surface area contributed by atoms with E-state index in [0.717, 1.165) is 0 Å². The van der Waals surface area contributed by atoms with Gasteiger partial charge >= 0.3 is 0 Å². The van der Waals surface area contributed by atoms with E-state index < -0.39 is 14.4 Å². The Morgan fingerprint density at radius 1 is 1.30 bits per heavy atom. The predicted octanol–water partition coefficient (Wildman–Crippen LogP) is 2.91. The molecule has 0 saturated carbocycles. The van der Waals surface area contributed by atoms with Crippen molar-refractivity contribution in [3.05, 3.63) is 29.3 Å². The molecular weight excluding hydrogens is 270 g/mol. The van der Waals surface area contributed by atoms with Gasteiger partial charge in [-0.05, 0) is 35.8 Å². The number of nitrogens with two attached hydrogens (primary N) is 1. The minimum absolute atomic E-state index is 0.122. The summed E-state index contributed by atoms with van der Waals surface area (Å²) in [7, 11) is -1.86. The molecule has 0 bridgehead atoms. The summed E-state index contributed by atoms with van der Waals surface area (Å²) in [5.41, 5.74) is 6.86. The van der Waals surface area contributed by atoms with Crippen molar-refractivity contribution in [3.63, 3.8) is 0 Å². The highest BCUT2D eigenvalue weighted by molar-refractivity contribution is 6.74. The summed E-state index contributed by atoms with van der Waals surface area (Å²) in [4.78, 5) is 0. The van der Waals surface area contributed by atoms with Crippen LogP contribution in [0.3, 0.4) is 0 Å². The summed E-state index contributed by atoms with van der Waals surface area (Å²) in [6.07, 6.45) is -0.706. The van der Waals surface area contributed by atoms with Crippen LogP contribution >= 0.6 is 0 Å². The second kappa shape index (κ2) is 6.26. The molecular formula is C15H27NO3Si. The van der Waals surface area contributed by atoms with Crippen LogP contribution in [-0.4, -0.2) is 25.1 Å². The van der Waals surface area contributed by atoms with Gasteiger partial charge in [-0.1, -0.05) is 26.8 Å². The molecule has 0 amide bonds. The smallest absolute Gasteiger partial charge is 0.192 e. The third-order valence-corrected chi connectivity index (χ3v) is 8.58. The van der Waals surface area contributed by atoms with Crippen LogP contribution in [-0.2, 0) is 11.0 Å². The summed E-state index contributed by atoms with van der Waals surface area (Å²) < 4.78 is 6.10. The van der Waals surface area contributed by atoms with E-state index in [2.05, 4.69) is 33.9 Å². The van der Waals surface area contributed by atoms with E-state index in [1.165, 1.54) is 0 Å². The third kappa shape index (κ3) is 4.05. The number of aliphatic hydroxyl groups excluding tert-OH is 1. The van der Waals surface area contributed by atoms with Crippen LogP contribution in [0.25, 0.3) is 0 Å². The molecule has 0 aliphatic carbocycles. The Bertz CT molecular complexity index is 455. The lowest BCUT2D eigenvalue weighted by molar-refractivity contribution is 0.186. The molecule has 0 aliphatic heterocycles. The van der Waals surface area contributed by atoms with Crippen LogP contribution in [0.2, 0.25) is 18.1 Å². The van der Waals surface area contributed by atoms with Gasteiger partial charge in [0.2, 0.25) is 0 Å². The molecule has 1 aromatic rings. The highest BCUT2D eigenvalue weighted by Crippen LogP contribution is 2.37. The highest BCUT2D eigenvalue weighted by Gasteiger charge is 2.37. The first-order chi connectivity index (χ1) is 9.08. The van der Waals surface area contributed by atoms with Crippen LogP contribution in [0.1, 0.15) is 38.0 Å². The van der Waals surface area contributed by atoms with Crippen molar-refractivity contribution in [2.75, 3.05) is 6.54 Å². The van der Waals surface area contributed by atoms with Crippen LogP contribution < -0.4 is 5.73 Å². The zero-order valence-electron chi connectivity index (χ0n) is 13.1. The second-order valence-electron chi connectivity index (χ2n) is 6.69. The zero-order valence-corrected chi connectivity index (χ0v) is 14.1. The number of hydrogen-bond acceptors (Lipinski definition) is 4. The van der Waals surface area contributed by atoms with Crippen LogP contribution in [0, 0.1) is 0 Å². The number of phenols is 1. The predicted molar refractivity (Wildman–Crippen MR) is 84.1 cm³/mol. The maximum absolute atomic E-state index is 9.91. The topological polar surface area (TPSA) is 75.7 Å². The van der Waals surface area contributed by atoms with E-state index >= 15 is 0 Å². The molecule has 4 nitrogen and oxygen atoms in total. The van der Waals surface area contributed by atoms with E-state index in [9.17, 15) is 10.2 Å². The van der Waals surface area contributed by atoms with Gasteiger partial charge in [-0.25, -0.2) is 0 Å². The maximum Gasteiger partial charge on any atom is 0.192 e. The molecule has 0 saturated heterocycles. The second-order valence-corrected chi connectivity index (χ2v) is 11.5. The van der Waals surface area contributed by atoms with Crippen molar-refractivity contribution in [2.45, 2.75) is 51.6 Å². The third-order valence-electron chi connectivity index (χ3n) is 4.11. The van der Waals surface area contributed by atoms with Crippen molar-refractivity contribution in [1.82, 2.24) is 0 Å². The van der Waals surface area contributed by atoms with Crippen molar-refractivity contribution in [1.29, 1.82) is 0 Å². The molecule has 114 valence electrons. The minimum atomic E-state index is -1.86. The molecule has 1 atom stereocenters. The Morgan fingerprint density at radius 2 is 1.90 bits per heavy atom. The Labute approximate surface area is 122 Å². The first-order valence-corrected chi connectivity index (χ1v) is 9.83. The van der Waals surface area contributed by atoms with Crippen LogP contribution in [0.4, 0.5) is 0 Å². The molecule has 0 spiro atoms. The first-order valence-electron chi connectivity index (χ1n) is 6.92. The SMILES string of the molecule is CC(C)(C)[Si](C)(C)OCc1cc(C(O)CN)ccc1O. The number of aromatic hydroxyl groups is 1. The monoisotopic (exact) mass is 297 g/mol. The number of aliphatic hydroxyl groups is 1. The fourth-order valence-corrected chi connectivity index (χ4v) is 2.49. The van der Waals surface area contributed by atoms with Gasteiger partial charge in [0.15, 0.2) is 8.32 Å². The number of phenolic OH excluding ortho intramolecular Hbond substituents is 1. The average Bonchev–Trinajstić information content (AvgIpc) is 2.35. The summed E-state index contributed by atoms with van der Waals surface area (Å²) in [5, 5.41) is 19.8. The van der Waals surface area contributed by atoms with Crippen molar-refractivity contribution >= 4 is 8.32 Å². The van der Waals surface area contributed by atoms with Gasteiger partial charge in [0.25, 0.3) is 0 Å². The Morgan fingerprint density at radius 3 is 2.40 bits per heavy atom. The highest BCUT2D eigenvalue weighted by atomic mass is 28.4. The number of benzene rings is 1. The molecule has 20 heavy (non-hydrogen) atoms. The molecule has 0 fully saturated rings. The van der Waals surface area contributed by atoms with Gasteiger partial charge in [0, 0.05) is 12.1 Å². The number of hydrogen-bond donors (Lipinski definition) is 3. The first kappa shape index (κ1) is 17.2.